The van der Waals surface area contributed by atoms with Crippen molar-refractivity contribution in [2.45, 2.75) is 110 Å². The van der Waals surface area contributed by atoms with E-state index >= 15 is 0 Å². The lowest BCUT2D eigenvalue weighted by atomic mass is 9.43. The average molecular weight is 418 g/mol. The van der Waals surface area contributed by atoms with Crippen LogP contribution in [0.25, 0.3) is 0 Å². The number of aliphatic hydroxyl groups excluding tert-OH is 2. The third kappa shape index (κ3) is 3.16. The molecule has 4 saturated carbocycles. The largest absolute Gasteiger partial charge is 0.463 e. The van der Waals surface area contributed by atoms with Crippen LogP contribution in [0.2, 0.25) is 5.31 Å². The summed E-state index contributed by atoms with van der Waals surface area (Å²) in [6.07, 6.45) is 8.61. The summed E-state index contributed by atoms with van der Waals surface area (Å²) in [6, 6.07) is 0. The van der Waals surface area contributed by atoms with Crippen LogP contribution in [0.4, 0.5) is 0 Å². The van der Waals surface area contributed by atoms with Crippen molar-refractivity contribution in [3.8, 4) is 0 Å². The van der Waals surface area contributed by atoms with Crippen molar-refractivity contribution in [2.75, 3.05) is 6.61 Å². The first kappa shape index (κ1) is 21.7. The van der Waals surface area contributed by atoms with E-state index in [1.165, 1.54) is 25.7 Å². The van der Waals surface area contributed by atoms with Gasteiger partial charge in [0.2, 0.25) is 0 Å². The average Bonchev–Trinajstić information content (AvgIpc) is 3.25. The minimum absolute atomic E-state index is 0.00333. The number of aliphatic hydroxyl groups is 2. The maximum absolute atomic E-state index is 11.6. The van der Waals surface area contributed by atoms with Gasteiger partial charge < -0.3 is 19.5 Å². The molecule has 4 aliphatic carbocycles. The van der Waals surface area contributed by atoms with E-state index in [1.54, 1.807) is 0 Å². The van der Waals surface area contributed by atoms with Crippen LogP contribution in [0, 0.1) is 40.4 Å². The number of fused-ring (bicyclic) bond motifs is 5. The van der Waals surface area contributed by atoms with Crippen LogP contribution >= 0.6 is 0 Å². The Labute approximate surface area is 183 Å². The lowest BCUT2D eigenvalue weighted by Crippen LogP contribution is -2.59. The summed E-state index contributed by atoms with van der Waals surface area (Å²) in [4.78, 5) is 0. The SMILES string of the molecule is CC(C)(C)B1OC[C@H]([C@H]2CC[C@H]3[C@@H]4CC[C@H]5C[C@H](O)CC[C@]5(C)[C@H]4[C@@H](O)C[C@]23C)O1. The fourth-order valence-electron chi connectivity index (χ4n) is 9.09. The maximum Gasteiger partial charge on any atom is 0.463 e. The van der Waals surface area contributed by atoms with Crippen LogP contribution in [-0.2, 0) is 9.31 Å². The van der Waals surface area contributed by atoms with Gasteiger partial charge >= 0.3 is 7.12 Å². The summed E-state index contributed by atoms with van der Waals surface area (Å²) >= 11 is 0. The summed E-state index contributed by atoms with van der Waals surface area (Å²) in [6.45, 7) is 12.2. The standard InChI is InChI=1S/C25H43BO4/c1-23(2,3)26-29-14-21(30-26)19-9-8-18-17-7-6-15-12-16(27)10-11-24(15,4)22(17)20(28)13-25(18,19)5/h15-22,27-28H,6-14H2,1-5H3/t15-,16+,17-,18-,19+,20-,21+,22+,24-,25-/m0/s1. The molecule has 5 heteroatoms. The van der Waals surface area contributed by atoms with E-state index in [-0.39, 0.29) is 41.6 Å². The highest BCUT2D eigenvalue weighted by molar-refractivity contribution is 6.48. The molecule has 5 rings (SSSR count). The maximum atomic E-state index is 11.6. The van der Waals surface area contributed by atoms with Gasteiger partial charge in [-0.05, 0) is 97.1 Å². The molecule has 0 spiro atoms. The van der Waals surface area contributed by atoms with Gasteiger partial charge in [0, 0.05) is 0 Å². The fourth-order valence-corrected chi connectivity index (χ4v) is 9.09. The molecule has 2 N–H and O–H groups in total. The lowest BCUT2D eigenvalue weighted by Gasteiger charge is -2.62. The molecule has 0 bridgehead atoms. The molecule has 0 aromatic rings. The molecule has 170 valence electrons. The van der Waals surface area contributed by atoms with Crippen LogP contribution in [0.15, 0.2) is 0 Å². The van der Waals surface area contributed by atoms with Crippen LogP contribution in [0.5, 0.6) is 0 Å². The van der Waals surface area contributed by atoms with Gasteiger partial charge in [-0.1, -0.05) is 34.6 Å². The van der Waals surface area contributed by atoms with Crippen molar-refractivity contribution in [3.63, 3.8) is 0 Å². The zero-order valence-corrected chi connectivity index (χ0v) is 19.8. The second kappa shape index (κ2) is 7.20. The van der Waals surface area contributed by atoms with Gasteiger partial charge in [-0.3, -0.25) is 0 Å². The van der Waals surface area contributed by atoms with Crippen LogP contribution in [0.1, 0.15) is 86.0 Å². The van der Waals surface area contributed by atoms with E-state index in [4.69, 9.17) is 9.31 Å². The van der Waals surface area contributed by atoms with Crippen molar-refractivity contribution < 1.29 is 19.5 Å². The predicted molar refractivity (Wildman–Crippen MR) is 119 cm³/mol. The van der Waals surface area contributed by atoms with Crippen molar-refractivity contribution >= 4 is 7.12 Å². The van der Waals surface area contributed by atoms with E-state index in [2.05, 4.69) is 34.6 Å². The van der Waals surface area contributed by atoms with Gasteiger partial charge in [0.25, 0.3) is 0 Å². The van der Waals surface area contributed by atoms with Gasteiger partial charge in [-0.25, -0.2) is 0 Å². The van der Waals surface area contributed by atoms with Crippen LogP contribution < -0.4 is 0 Å². The van der Waals surface area contributed by atoms with Crippen molar-refractivity contribution in [1.29, 1.82) is 0 Å². The molecule has 10 atom stereocenters. The van der Waals surface area contributed by atoms with Crippen LogP contribution in [-0.4, -0.2) is 42.3 Å². The van der Waals surface area contributed by atoms with E-state index in [9.17, 15) is 10.2 Å². The van der Waals surface area contributed by atoms with Gasteiger partial charge in [-0.15, -0.1) is 0 Å². The first-order chi connectivity index (χ1) is 14.0. The Morgan fingerprint density at radius 1 is 0.933 bits per heavy atom. The second-order valence-corrected chi connectivity index (χ2v) is 13.2. The Morgan fingerprint density at radius 3 is 2.37 bits per heavy atom. The third-order valence-corrected chi connectivity index (χ3v) is 10.5. The molecule has 1 aliphatic heterocycles. The molecule has 5 aliphatic rings. The smallest absolute Gasteiger partial charge is 0.408 e. The van der Waals surface area contributed by atoms with Gasteiger partial charge in [-0.2, -0.15) is 0 Å². The normalized spacial score (nSPS) is 53.9. The Kier molecular flexibility index (Phi) is 5.22. The van der Waals surface area contributed by atoms with E-state index in [1.807, 2.05) is 0 Å². The molecule has 0 radical (unpaired) electrons. The monoisotopic (exact) mass is 418 g/mol. The fraction of sp³-hybridized carbons (Fsp3) is 1.00. The summed E-state index contributed by atoms with van der Waals surface area (Å²) in [5.41, 5.74) is 0.351. The summed E-state index contributed by atoms with van der Waals surface area (Å²) in [5.74, 6) is 2.80. The third-order valence-electron chi connectivity index (χ3n) is 10.5. The molecule has 1 saturated heterocycles. The van der Waals surface area contributed by atoms with Crippen molar-refractivity contribution in [3.05, 3.63) is 0 Å². The minimum Gasteiger partial charge on any atom is -0.408 e. The molecule has 1 heterocycles. The molecule has 5 fully saturated rings. The highest BCUT2D eigenvalue weighted by Crippen LogP contribution is 2.68. The highest BCUT2D eigenvalue weighted by atomic mass is 16.6. The summed E-state index contributed by atoms with van der Waals surface area (Å²) in [7, 11) is -0.116. The Bertz CT molecular complexity index is 664. The van der Waals surface area contributed by atoms with E-state index in [0.717, 1.165) is 25.7 Å². The quantitative estimate of drug-likeness (QED) is 0.607. The highest BCUT2D eigenvalue weighted by Gasteiger charge is 2.64. The predicted octanol–water partition coefficient (Wildman–Crippen LogP) is 4.68. The van der Waals surface area contributed by atoms with E-state index < -0.39 is 0 Å². The Hall–Kier alpha value is -0.0951. The first-order valence-corrected chi connectivity index (χ1v) is 12.7. The number of hydrogen-bond acceptors (Lipinski definition) is 4. The van der Waals surface area contributed by atoms with Gasteiger partial charge in [0.15, 0.2) is 0 Å². The molecule has 0 aromatic carbocycles. The molecular formula is C25H43BO4. The molecule has 0 aromatic heterocycles. The zero-order chi connectivity index (χ0) is 21.5. The number of hydrogen-bond donors (Lipinski definition) is 2. The molecule has 0 unspecified atom stereocenters. The van der Waals surface area contributed by atoms with Crippen molar-refractivity contribution in [1.82, 2.24) is 0 Å². The minimum atomic E-state index is -0.222. The second-order valence-electron chi connectivity index (χ2n) is 13.2. The number of rotatable bonds is 1. The molecule has 0 amide bonds. The lowest BCUT2D eigenvalue weighted by molar-refractivity contribution is -0.181. The van der Waals surface area contributed by atoms with E-state index in [0.29, 0.717) is 36.2 Å². The summed E-state index contributed by atoms with van der Waals surface area (Å²) < 4.78 is 12.6. The van der Waals surface area contributed by atoms with Crippen molar-refractivity contribution in [2.24, 2.45) is 40.4 Å². The topological polar surface area (TPSA) is 58.9 Å². The molecular weight excluding hydrogens is 375 g/mol. The van der Waals surface area contributed by atoms with Crippen LogP contribution in [0.3, 0.4) is 0 Å². The first-order valence-electron chi connectivity index (χ1n) is 12.7. The Balaban J connectivity index is 1.38. The van der Waals surface area contributed by atoms with Gasteiger partial charge in [0.05, 0.1) is 24.9 Å². The molecule has 30 heavy (non-hydrogen) atoms. The summed E-state index contributed by atoms with van der Waals surface area (Å²) in [5, 5.41) is 21.9. The zero-order valence-electron chi connectivity index (χ0n) is 19.8. The van der Waals surface area contributed by atoms with Gasteiger partial charge in [0.1, 0.15) is 0 Å². The molecule has 4 nitrogen and oxygen atoms in total. The Morgan fingerprint density at radius 2 is 1.67 bits per heavy atom.